The van der Waals surface area contributed by atoms with Crippen molar-refractivity contribution in [1.29, 1.82) is 0 Å². The zero-order valence-electron chi connectivity index (χ0n) is 13.6. The minimum absolute atomic E-state index is 0.0312. The molecule has 0 saturated heterocycles. The first-order valence-electron chi connectivity index (χ1n) is 7.87. The summed E-state index contributed by atoms with van der Waals surface area (Å²) in [6.07, 6.45) is 2.96. The number of nitrogens with two attached hydrogens (primary N) is 1. The van der Waals surface area contributed by atoms with Gasteiger partial charge in [-0.15, -0.1) is 0 Å². The summed E-state index contributed by atoms with van der Waals surface area (Å²) in [5.74, 6) is -1.28. The predicted molar refractivity (Wildman–Crippen MR) is 98.9 cm³/mol. The summed E-state index contributed by atoms with van der Waals surface area (Å²) in [5.41, 5.74) is 5.66. The molecule has 0 unspecified atom stereocenters. The van der Waals surface area contributed by atoms with Gasteiger partial charge in [0.15, 0.2) is 0 Å². The number of rotatable bonds is 6. The smallest absolute Gasteiger partial charge is 0.320 e. The van der Waals surface area contributed by atoms with Crippen LogP contribution >= 0.6 is 27.5 Å². The van der Waals surface area contributed by atoms with Gasteiger partial charge in [-0.1, -0.05) is 22.0 Å². The molecule has 0 bridgehead atoms. The Morgan fingerprint density at radius 2 is 2.19 bits per heavy atom. The van der Waals surface area contributed by atoms with Crippen LogP contribution in [0.25, 0.3) is 0 Å². The van der Waals surface area contributed by atoms with E-state index in [0.717, 1.165) is 30.8 Å². The lowest BCUT2D eigenvalue weighted by atomic mass is 9.93. The van der Waals surface area contributed by atoms with Crippen molar-refractivity contribution in [3.05, 3.63) is 39.6 Å². The van der Waals surface area contributed by atoms with Crippen molar-refractivity contribution in [2.75, 3.05) is 5.32 Å². The molecule has 4 N–H and O–H groups in total. The van der Waals surface area contributed by atoms with Gasteiger partial charge in [0.2, 0.25) is 5.88 Å². The van der Waals surface area contributed by atoms with Gasteiger partial charge in [-0.05, 0) is 42.9 Å². The Kier molecular flexibility index (Phi) is 5.72. The molecule has 0 radical (unpaired) electrons. The van der Waals surface area contributed by atoms with Gasteiger partial charge in [-0.2, -0.15) is 4.37 Å². The van der Waals surface area contributed by atoms with E-state index < -0.39 is 17.8 Å². The van der Waals surface area contributed by atoms with Crippen molar-refractivity contribution in [3.8, 4) is 5.88 Å². The van der Waals surface area contributed by atoms with Crippen LogP contribution in [0, 0.1) is 5.82 Å². The molecule has 1 saturated carbocycles. The van der Waals surface area contributed by atoms with Gasteiger partial charge in [0, 0.05) is 16.1 Å². The number of hydrogen-bond donors (Lipinski definition) is 3. The third-order valence-electron chi connectivity index (χ3n) is 3.95. The maximum Gasteiger partial charge on any atom is 0.320 e. The van der Waals surface area contributed by atoms with Crippen molar-refractivity contribution >= 4 is 44.4 Å². The molecule has 26 heavy (non-hydrogen) atoms. The van der Waals surface area contributed by atoms with E-state index in [9.17, 15) is 14.0 Å². The number of nitrogens with zero attached hydrogens (tertiary/aromatic N) is 1. The largest absolute Gasteiger partial charge is 0.471 e. The number of nitrogens with one attached hydrogen (secondary N) is 2. The number of anilines is 1. The summed E-state index contributed by atoms with van der Waals surface area (Å²) in [5, 5.41) is 5.56. The van der Waals surface area contributed by atoms with Gasteiger partial charge in [0.05, 0.1) is 0 Å². The zero-order chi connectivity index (χ0) is 18.7. The molecule has 138 valence electrons. The second kappa shape index (κ2) is 8.00. The Morgan fingerprint density at radius 3 is 2.81 bits per heavy atom. The molecule has 1 aromatic heterocycles. The highest BCUT2D eigenvalue weighted by Crippen LogP contribution is 2.31. The highest BCUT2D eigenvalue weighted by atomic mass is 79.9. The monoisotopic (exact) mass is 442 g/mol. The standard InChI is InChI=1S/C16H16BrFN4O3S/c17-9-5-4-8(11(18)6-9)7-25-14-12(13(19)23)15(26-22-14)21-16(24)20-10-2-1-3-10/h4-6,10H,1-3,7H2,(H2,19,23)(H2,20,21,24). The second-order valence-corrected chi connectivity index (χ2v) is 7.50. The summed E-state index contributed by atoms with van der Waals surface area (Å²) < 4.78 is 23.9. The quantitative estimate of drug-likeness (QED) is 0.636. The molecular formula is C16H16BrFN4O3S. The number of hydrogen-bond acceptors (Lipinski definition) is 5. The number of aromatic nitrogens is 1. The maximum atomic E-state index is 13.9. The molecule has 0 atom stereocenters. The van der Waals surface area contributed by atoms with Crippen LogP contribution in [0.1, 0.15) is 35.2 Å². The molecule has 0 spiro atoms. The van der Waals surface area contributed by atoms with Crippen LogP contribution in [0.5, 0.6) is 5.88 Å². The van der Waals surface area contributed by atoms with Crippen molar-refractivity contribution in [2.45, 2.75) is 31.9 Å². The van der Waals surface area contributed by atoms with Crippen molar-refractivity contribution in [1.82, 2.24) is 9.69 Å². The number of halogens is 2. The molecule has 10 heteroatoms. The summed E-state index contributed by atoms with van der Waals surface area (Å²) >= 11 is 4.05. The minimum atomic E-state index is -0.788. The van der Waals surface area contributed by atoms with Crippen LogP contribution in [-0.4, -0.2) is 22.4 Å². The first kappa shape index (κ1) is 18.6. The van der Waals surface area contributed by atoms with Crippen LogP contribution in [0.15, 0.2) is 22.7 Å². The van der Waals surface area contributed by atoms with Crippen molar-refractivity contribution in [3.63, 3.8) is 0 Å². The third-order valence-corrected chi connectivity index (χ3v) is 5.19. The lowest BCUT2D eigenvalue weighted by Gasteiger charge is -2.26. The topological polar surface area (TPSA) is 106 Å². The van der Waals surface area contributed by atoms with E-state index in [1.54, 1.807) is 12.1 Å². The number of carbonyl (C=O) groups excluding carboxylic acids is 2. The number of amides is 3. The Bertz CT molecular complexity index is 841. The Labute approximate surface area is 161 Å². The predicted octanol–water partition coefficient (Wildman–Crippen LogP) is 3.40. The van der Waals surface area contributed by atoms with E-state index in [1.165, 1.54) is 6.07 Å². The highest BCUT2D eigenvalue weighted by Gasteiger charge is 2.24. The van der Waals surface area contributed by atoms with Crippen molar-refractivity contribution < 1.29 is 18.7 Å². The SMILES string of the molecule is NC(=O)c1c(OCc2ccc(Br)cc2F)nsc1NC(=O)NC1CCC1. The normalized spacial score (nSPS) is 13.8. The van der Waals surface area contributed by atoms with E-state index in [2.05, 4.69) is 30.9 Å². The molecule has 1 heterocycles. The summed E-state index contributed by atoms with van der Waals surface area (Å²) in [7, 11) is 0. The zero-order valence-corrected chi connectivity index (χ0v) is 16.0. The molecule has 7 nitrogen and oxygen atoms in total. The van der Waals surface area contributed by atoms with Crippen LogP contribution in [0.4, 0.5) is 14.2 Å². The minimum Gasteiger partial charge on any atom is -0.471 e. The summed E-state index contributed by atoms with van der Waals surface area (Å²) in [4.78, 5) is 23.7. The van der Waals surface area contributed by atoms with Crippen LogP contribution in [-0.2, 0) is 6.61 Å². The lowest BCUT2D eigenvalue weighted by molar-refractivity contribution is 0.0996. The summed E-state index contributed by atoms with van der Waals surface area (Å²) in [6.45, 7) is -0.128. The van der Waals surface area contributed by atoms with E-state index in [4.69, 9.17) is 10.5 Å². The maximum absolute atomic E-state index is 13.9. The average Bonchev–Trinajstić information content (AvgIpc) is 2.93. The van der Waals surface area contributed by atoms with Crippen LogP contribution < -0.4 is 21.1 Å². The van der Waals surface area contributed by atoms with Crippen LogP contribution in [0.3, 0.4) is 0 Å². The van der Waals surface area contributed by atoms with Gasteiger partial charge in [-0.25, -0.2) is 9.18 Å². The van der Waals surface area contributed by atoms with Gasteiger partial charge in [0.1, 0.15) is 23.0 Å². The molecule has 2 aromatic rings. The number of carbonyl (C=O) groups is 2. The molecule has 3 rings (SSSR count). The van der Waals surface area contributed by atoms with Crippen LogP contribution in [0.2, 0.25) is 0 Å². The number of ether oxygens (including phenoxy) is 1. The average molecular weight is 443 g/mol. The first-order valence-corrected chi connectivity index (χ1v) is 9.44. The number of primary amides is 1. The van der Waals surface area contributed by atoms with E-state index in [-0.39, 0.29) is 29.1 Å². The molecular weight excluding hydrogens is 427 g/mol. The molecule has 1 aliphatic carbocycles. The fourth-order valence-electron chi connectivity index (χ4n) is 2.34. The number of benzene rings is 1. The van der Waals surface area contributed by atoms with E-state index in [1.807, 2.05) is 0 Å². The van der Waals surface area contributed by atoms with Gasteiger partial charge in [-0.3, -0.25) is 10.1 Å². The Balaban J connectivity index is 1.70. The highest BCUT2D eigenvalue weighted by molar-refractivity contribution is 9.10. The molecule has 1 aromatic carbocycles. The Hall–Kier alpha value is -2.20. The number of urea groups is 1. The fourth-order valence-corrected chi connectivity index (χ4v) is 3.41. The van der Waals surface area contributed by atoms with Gasteiger partial charge >= 0.3 is 6.03 Å². The molecule has 1 aliphatic rings. The third kappa shape index (κ3) is 4.31. The second-order valence-electron chi connectivity index (χ2n) is 5.81. The Morgan fingerprint density at radius 1 is 1.42 bits per heavy atom. The van der Waals surface area contributed by atoms with Crippen molar-refractivity contribution in [2.24, 2.45) is 5.73 Å². The van der Waals surface area contributed by atoms with E-state index >= 15 is 0 Å². The first-order chi connectivity index (χ1) is 12.4. The summed E-state index contributed by atoms with van der Waals surface area (Å²) in [6, 6.07) is 4.27. The molecule has 0 aliphatic heterocycles. The molecule has 1 fully saturated rings. The fraction of sp³-hybridized carbons (Fsp3) is 0.312. The van der Waals surface area contributed by atoms with E-state index in [0.29, 0.717) is 10.0 Å². The van der Waals surface area contributed by atoms with Gasteiger partial charge in [0.25, 0.3) is 5.91 Å². The molecule has 3 amide bonds. The van der Waals surface area contributed by atoms with Gasteiger partial charge < -0.3 is 15.8 Å². The lowest BCUT2D eigenvalue weighted by Crippen LogP contribution is -2.41.